The highest BCUT2D eigenvalue weighted by Crippen LogP contribution is 2.16. The van der Waals surface area contributed by atoms with E-state index in [0.717, 1.165) is 16.9 Å². The molecule has 2 amide bonds. The van der Waals surface area contributed by atoms with Gasteiger partial charge in [0.05, 0.1) is 7.11 Å². The van der Waals surface area contributed by atoms with Crippen LogP contribution in [0, 0.1) is 5.82 Å². The lowest BCUT2D eigenvalue weighted by atomic mass is 10.2. The van der Waals surface area contributed by atoms with E-state index in [9.17, 15) is 9.18 Å². The number of para-hydroxylation sites is 1. The Labute approximate surface area is 122 Å². The Hall–Kier alpha value is -2.56. The fourth-order valence-corrected chi connectivity index (χ4v) is 1.87. The molecule has 0 atom stereocenters. The molecule has 0 aliphatic carbocycles. The zero-order valence-electron chi connectivity index (χ0n) is 11.7. The van der Waals surface area contributed by atoms with E-state index in [4.69, 9.17) is 4.74 Å². The van der Waals surface area contributed by atoms with E-state index < -0.39 is 0 Å². The first-order valence-electron chi connectivity index (χ1n) is 6.57. The summed E-state index contributed by atoms with van der Waals surface area (Å²) in [4.78, 5) is 11.7. The maximum absolute atomic E-state index is 12.8. The van der Waals surface area contributed by atoms with Crippen molar-refractivity contribution in [1.29, 1.82) is 0 Å². The van der Waals surface area contributed by atoms with Gasteiger partial charge in [-0.2, -0.15) is 0 Å². The van der Waals surface area contributed by atoms with Gasteiger partial charge in [-0.3, -0.25) is 0 Å². The number of carbonyl (C=O) groups excluding carboxylic acids is 1. The number of rotatable bonds is 5. The van der Waals surface area contributed by atoms with Crippen molar-refractivity contribution in [1.82, 2.24) is 10.6 Å². The first kappa shape index (κ1) is 14.8. The molecule has 0 spiro atoms. The summed E-state index contributed by atoms with van der Waals surface area (Å²) in [7, 11) is 1.59. The van der Waals surface area contributed by atoms with E-state index in [1.807, 2.05) is 24.3 Å². The van der Waals surface area contributed by atoms with Gasteiger partial charge in [0, 0.05) is 18.7 Å². The zero-order chi connectivity index (χ0) is 15.1. The summed E-state index contributed by atoms with van der Waals surface area (Å²) in [5, 5.41) is 5.46. The predicted molar refractivity (Wildman–Crippen MR) is 78.5 cm³/mol. The second kappa shape index (κ2) is 7.28. The summed E-state index contributed by atoms with van der Waals surface area (Å²) < 4.78 is 18.0. The molecule has 0 radical (unpaired) electrons. The van der Waals surface area contributed by atoms with Gasteiger partial charge in [0.2, 0.25) is 0 Å². The maximum Gasteiger partial charge on any atom is 0.315 e. The average Bonchev–Trinajstić information content (AvgIpc) is 2.52. The molecule has 0 unspecified atom stereocenters. The molecule has 2 rings (SSSR count). The number of methoxy groups -OCH3 is 1. The van der Waals surface area contributed by atoms with Gasteiger partial charge in [0.1, 0.15) is 11.6 Å². The molecule has 21 heavy (non-hydrogen) atoms. The number of hydrogen-bond acceptors (Lipinski definition) is 2. The van der Waals surface area contributed by atoms with Crippen LogP contribution in [-0.2, 0) is 13.1 Å². The number of halogens is 1. The summed E-state index contributed by atoms with van der Waals surface area (Å²) in [6.45, 7) is 0.720. The lowest BCUT2D eigenvalue weighted by Gasteiger charge is -2.10. The first-order valence-corrected chi connectivity index (χ1v) is 6.57. The lowest BCUT2D eigenvalue weighted by molar-refractivity contribution is 0.240. The summed E-state index contributed by atoms with van der Waals surface area (Å²) in [6.07, 6.45) is 0. The van der Waals surface area contributed by atoms with E-state index in [0.29, 0.717) is 13.1 Å². The van der Waals surface area contributed by atoms with E-state index in [-0.39, 0.29) is 11.8 Å². The van der Waals surface area contributed by atoms with Crippen LogP contribution in [0.3, 0.4) is 0 Å². The van der Waals surface area contributed by atoms with Crippen molar-refractivity contribution in [2.45, 2.75) is 13.1 Å². The molecule has 4 nitrogen and oxygen atoms in total. The van der Waals surface area contributed by atoms with Gasteiger partial charge in [-0.15, -0.1) is 0 Å². The number of benzene rings is 2. The SMILES string of the molecule is COc1ccccc1CNC(=O)NCc1ccc(F)cc1. The summed E-state index contributed by atoms with van der Waals surface area (Å²) >= 11 is 0. The highest BCUT2D eigenvalue weighted by molar-refractivity contribution is 5.73. The summed E-state index contributed by atoms with van der Waals surface area (Å²) in [6, 6.07) is 13.2. The third-order valence-corrected chi connectivity index (χ3v) is 3.00. The molecule has 0 aliphatic heterocycles. The number of urea groups is 1. The molecule has 0 aliphatic rings. The van der Waals surface area contributed by atoms with Crippen LogP contribution in [0.5, 0.6) is 5.75 Å². The average molecular weight is 288 g/mol. The number of ether oxygens (including phenoxy) is 1. The summed E-state index contributed by atoms with van der Waals surface area (Å²) in [5.74, 6) is 0.440. The Morgan fingerprint density at radius 2 is 1.71 bits per heavy atom. The van der Waals surface area contributed by atoms with Crippen molar-refractivity contribution < 1.29 is 13.9 Å². The molecular weight excluding hydrogens is 271 g/mol. The molecule has 110 valence electrons. The number of amides is 2. The van der Waals surface area contributed by atoms with Crippen LogP contribution < -0.4 is 15.4 Å². The van der Waals surface area contributed by atoms with E-state index in [1.54, 1.807) is 19.2 Å². The van der Waals surface area contributed by atoms with Crippen LogP contribution >= 0.6 is 0 Å². The normalized spacial score (nSPS) is 10.0. The second-order valence-corrected chi connectivity index (χ2v) is 4.47. The lowest BCUT2D eigenvalue weighted by Crippen LogP contribution is -2.34. The molecular formula is C16H17FN2O2. The molecule has 2 N–H and O–H groups in total. The minimum Gasteiger partial charge on any atom is -0.496 e. The topological polar surface area (TPSA) is 50.4 Å². The highest BCUT2D eigenvalue weighted by atomic mass is 19.1. The second-order valence-electron chi connectivity index (χ2n) is 4.47. The van der Waals surface area contributed by atoms with Gasteiger partial charge < -0.3 is 15.4 Å². The molecule has 2 aromatic carbocycles. The van der Waals surface area contributed by atoms with Crippen molar-refractivity contribution >= 4 is 6.03 Å². The minimum absolute atomic E-state index is 0.287. The third kappa shape index (κ3) is 4.49. The van der Waals surface area contributed by atoms with Crippen LogP contribution in [0.2, 0.25) is 0 Å². The van der Waals surface area contributed by atoms with E-state index in [1.165, 1.54) is 12.1 Å². The largest absolute Gasteiger partial charge is 0.496 e. The molecule has 0 fully saturated rings. The standard InChI is InChI=1S/C16H17FN2O2/c1-21-15-5-3-2-4-13(15)11-19-16(20)18-10-12-6-8-14(17)9-7-12/h2-9H,10-11H2,1H3,(H2,18,19,20). The molecule has 0 saturated heterocycles. The smallest absolute Gasteiger partial charge is 0.315 e. The van der Waals surface area contributed by atoms with E-state index in [2.05, 4.69) is 10.6 Å². The van der Waals surface area contributed by atoms with Crippen molar-refractivity contribution in [2.24, 2.45) is 0 Å². The van der Waals surface area contributed by atoms with E-state index >= 15 is 0 Å². The van der Waals surface area contributed by atoms with Crippen LogP contribution in [-0.4, -0.2) is 13.1 Å². The Morgan fingerprint density at radius 3 is 2.43 bits per heavy atom. The fraction of sp³-hybridized carbons (Fsp3) is 0.188. The number of hydrogen-bond donors (Lipinski definition) is 2. The molecule has 0 saturated carbocycles. The highest BCUT2D eigenvalue weighted by Gasteiger charge is 2.04. The molecule has 2 aromatic rings. The van der Waals surface area contributed by atoms with Gasteiger partial charge in [0.15, 0.2) is 0 Å². The van der Waals surface area contributed by atoms with Crippen molar-refractivity contribution in [3.63, 3.8) is 0 Å². The minimum atomic E-state index is -0.292. The monoisotopic (exact) mass is 288 g/mol. The Kier molecular flexibility index (Phi) is 5.15. The first-order chi connectivity index (χ1) is 10.2. The predicted octanol–water partition coefficient (Wildman–Crippen LogP) is 2.83. The number of nitrogens with one attached hydrogen (secondary N) is 2. The third-order valence-electron chi connectivity index (χ3n) is 3.00. The molecule has 0 bridgehead atoms. The summed E-state index contributed by atoms with van der Waals surface area (Å²) in [5.41, 5.74) is 1.74. The molecule has 0 aromatic heterocycles. The molecule has 5 heteroatoms. The van der Waals surface area contributed by atoms with Crippen LogP contribution in [0.15, 0.2) is 48.5 Å². The van der Waals surface area contributed by atoms with Crippen LogP contribution in [0.4, 0.5) is 9.18 Å². The van der Waals surface area contributed by atoms with Crippen LogP contribution in [0.1, 0.15) is 11.1 Å². The zero-order valence-corrected chi connectivity index (χ0v) is 11.7. The van der Waals surface area contributed by atoms with Crippen molar-refractivity contribution in [3.8, 4) is 5.75 Å². The quantitative estimate of drug-likeness (QED) is 0.889. The Morgan fingerprint density at radius 1 is 1.05 bits per heavy atom. The Balaban J connectivity index is 1.81. The van der Waals surface area contributed by atoms with Crippen molar-refractivity contribution in [2.75, 3.05) is 7.11 Å². The van der Waals surface area contributed by atoms with Gasteiger partial charge in [-0.1, -0.05) is 30.3 Å². The number of carbonyl (C=O) groups is 1. The fourth-order valence-electron chi connectivity index (χ4n) is 1.87. The van der Waals surface area contributed by atoms with Crippen LogP contribution in [0.25, 0.3) is 0 Å². The maximum atomic E-state index is 12.8. The van der Waals surface area contributed by atoms with Crippen molar-refractivity contribution in [3.05, 3.63) is 65.5 Å². The Bertz CT molecular complexity index is 599. The van der Waals surface area contributed by atoms with Gasteiger partial charge in [-0.05, 0) is 23.8 Å². The van der Waals surface area contributed by atoms with Gasteiger partial charge >= 0.3 is 6.03 Å². The van der Waals surface area contributed by atoms with Gasteiger partial charge in [0.25, 0.3) is 0 Å². The van der Waals surface area contributed by atoms with Gasteiger partial charge in [-0.25, -0.2) is 9.18 Å². The molecule has 0 heterocycles.